The van der Waals surface area contributed by atoms with Crippen LogP contribution in [0.3, 0.4) is 0 Å². The SMILES string of the molecule is CCOc1ccc(C(=O)N(CC)CC(=O)OC)cc1OC. The summed E-state index contributed by atoms with van der Waals surface area (Å²) in [4.78, 5) is 25.1. The highest BCUT2D eigenvalue weighted by Gasteiger charge is 2.19. The molecule has 0 aliphatic rings. The van der Waals surface area contributed by atoms with Crippen LogP contribution in [0, 0.1) is 0 Å². The Morgan fingerprint density at radius 3 is 2.38 bits per heavy atom. The fraction of sp³-hybridized carbons (Fsp3) is 0.467. The number of esters is 1. The van der Waals surface area contributed by atoms with Crippen LogP contribution in [0.1, 0.15) is 24.2 Å². The second-order valence-electron chi connectivity index (χ2n) is 4.19. The maximum Gasteiger partial charge on any atom is 0.325 e. The van der Waals surface area contributed by atoms with E-state index < -0.39 is 5.97 Å². The molecule has 21 heavy (non-hydrogen) atoms. The Labute approximate surface area is 124 Å². The normalized spacial score (nSPS) is 9.90. The quantitative estimate of drug-likeness (QED) is 0.717. The molecule has 0 atom stereocenters. The lowest BCUT2D eigenvalue weighted by atomic mass is 10.1. The minimum absolute atomic E-state index is 0.0820. The second kappa shape index (κ2) is 8.14. The number of rotatable bonds is 7. The van der Waals surface area contributed by atoms with Gasteiger partial charge in [-0.1, -0.05) is 0 Å². The molecule has 0 aliphatic carbocycles. The molecule has 6 heteroatoms. The van der Waals surface area contributed by atoms with Crippen molar-refractivity contribution in [3.05, 3.63) is 23.8 Å². The number of carbonyl (C=O) groups excluding carboxylic acids is 2. The third-order valence-electron chi connectivity index (χ3n) is 2.93. The van der Waals surface area contributed by atoms with Crippen LogP contribution in [0.4, 0.5) is 0 Å². The van der Waals surface area contributed by atoms with Gasteiger partial charge in [0.1, 0.15) is 6.54 Å². The Hall–Kier alpha value is -2.24. The largest absolute Gasteiger partial charge is 0.493 e. The molecular weight excluding hydrogens is 274 g/mol. The van der Waals surface area contributed by atoms with Crippen molar-refractivity contribution in [2.45, 2.75) is 13.8 Å². The molecule has 1 aromatic rings. The van der Waals surface area contributed by atoms with Crippen LogP contribution in [0.25, 0.3) is 0 Å². The first-order valence-electron chi connectivity index (χ1n) is 6.74. The third kappa shape index (κ3) is 4.37. The number of methoxy groups -OCH3 is 2. The summed E-state index contributed by atoms with van der Waals surface area (Å²) in [6.07, 6.45) is 0. The number of benzene rings is 1. The molecule has 0 unspecified atom stereocenters. The summed E-state index contributed by atoms with van der Waals surface area (Å²) < 4.78 is 15.2. The minimum Gasteiger partial charge on any atom is -0.493 e. The predicted molar refractivity (Wildman–Crippen MR) is 77.8 cm³/mol. The molecule has 0 radical (unpaired) electrons. The van der Waals surface area contributed by atoms with Gasteiger partial charge in [0.15, 0.2) is 11.5 Å². The van der Waals surface area contributed by atoms with Gasteiger partial charge in [-0.05, 0) is 32.0 Å². The Morgan fingerprint density at radius 2 is 1.86 bits per heavy atom. The zero-order valence-corrected chi connectivity index (χ0v) is 12.8. The van der Waals surface area contributed by atoms with Crippen molar-refractivity contribution in [1.82, 2.24) is 4.90 Å². The van der Waals surface area contributed by atoms with Gasteiger partial charge < -0.3 is 19.1 Å². The number of carbonyl (C=O) groups is 2. The van der Waals surface area contributed by atoms with Gasteiger partial charge in [-0.15, -0.1) is 0 Å². The standard InChI is InChI=1S/C15H21NO5/c1-5-16(10-14(17)20-4)15(18)11-7-8-12(21-6-2)13(9-11)19-3/h7-9H,5-6,10H2,1-4H3. The second-order valence-corrected chi connectivity index (χ2v) is 4.19. The molecule has 0 aromatic heterocycles. The highest BCUT2D eigenvalue weighted by atomic mass is 16.5. The van der Waals surface area contributed by atoms with Crippen LogP contribution >= 0.6 is 0 Å². The van der Waals surface area contributed by atoms with E-state index in [0.29, 0.717) is 30.2 Å². The molecular formula is C15H21NO5. The summed E-state index contributed by atoms with van der Waals surface area (Å²) in [7, 11) is 2.80. The molecule has 116 valence electrons. The summed E-state index contributed by atoms with van der Waals surface area (Å²) in [5.74, 6) is 0.344. The average molecular weight is 295 g/mol. The van der Waals surface area contributed by atoms with Crippen molar-refractivity contribution in [3.8, 4) is 11.5 Å². The summed E-state index contributed by atoms with van der Waals surface area (Å²) in [5.41, 5.74) is 0.432. The maximum absolute atomic E-state index is 12.4. The maximum atomic E-state index is 12.4. The number of nitrogens with zero attached hydrogens (tertiary/aromatic N) is 1. The molecule has 1 aromatic carbocycles. The van der Waals surface area contributed by atoms with Gasteiger partial charge in [0.25, 0.3) is 5.91 Å². The van der Waals surface area contributed by atoms with E-state index in [1.165, 1.54) is 19.1 Å². The molecule has 0 saturated heterocycles. The average Bonchev–Trinajstić information content (AvgIpc) is 2.52. The molecule has 0 spiro atoms. The van der Waals surface area contributed by atoms with Crippen molar-refractivity contribution in [3.63, 3.8) is 0 Å². The summed E-state index contributed by atoms with van der Waals surface area (Å²) in [6, 6.07) is 4.94. The van der Waals surface area contributed by atoms with Crippen LogP contribution in [-0.2, 0) is 9.53 Å². The minimum atomic E-state index is -0.455. The lowest BCUT2D eigenvalue weighted by Gasteiger charge is -2.20. The lowest BCUT2D eigenvalue weighted by Crippen LogP contribution is -2.36. The van der Waals surface area contributed by atoms with E-state index >= 15 is 0 Å². The van der Waals surface area contributed by atoms with Gasteiger partial charge in [-0.3, -0.25) is 9.59 Å². The zero-order valence-electron chi connectivity index (χ0n) is 12.8. The number of ether oxygens (including phenoxy) is 3. The number of amides is 1. The highest BCUT2D eigenvalue weighted by Crippen LogP contribution is 2.28. The zero-order chi connectivity index (χ0) is 15.8. The Bertz CT molecular complexity index is 501. The molecule has 0 heterocycles. The summed E-state index contributed by atoms with van der Waals surface area (Å²) >= 11 is 0. The molecule has 0 bridgehead atoms. The number of likely N-dealkylation sites (N-methyl/N-ethyl adjacent to an activating group) is 1. The molecule has 0 fully saturated rings. The molecule has 0 aliphatic heterocycles. The smallest absolute Gasteiger partial charge is 0.325 e. The molecule has 1 rings (SSSR count). The first-order chi connectivity index (χ1) is 10.1. The van der Waals surface area contributed by atoms with Gasteiger partial charge >= 0.3 is 5.97 Å². The van der Waals surface area contributed by atoms with Crippen molar-refractivity contribution < 1.29 is 23.8 Å². The highest BCUT2D eigenvalue weighted by molar-refractivity contribution is 5.96. The van der Waals surface area contributed by atoms with Crippen LogP contribution < -0.4 is 9.47 Å². The Morgan fingerprint density at radius 1 is 1.14 bits per heavy atom. The fourth-order valence-electron chi connectivity index (χ4n) is 1.81. The van der Waals surface area contributed by atoms with Gasteiger partial charge in [-0.2, -0.15) is 0 Å². The van der Waals surface area contributed by atoms with E-state index in [9.17, 15) is 9.59 Å². The van der Waals surface area contributed by atoms with Gasteiger partial charge in [-0.25, -0.2) is 0 Å². The lowest BCUT2D eigenvalue weighted by molar-refractivity contribution is -0.141. The first kappa shape index (κ1) is 16.8. The third-order valence-corrected chi connectivity index (χ3v) is 2.93. The van der Waals surface area contributed by atoms with E-state index in [-0.39, 0.29) is 12.5 Å². The van der Waals surface area contributed by atoms with Crippen molar-refractivity contribution >= 4 is 11.9 Å². The van der Waals surface area contributed by atoms with E-state index in [0.717, 1.165) is 0 Å². The Kier molecular flexibility index (Phi) is 6.52. The van der Waals surface area contributed by atoms with Crippen molar-refractivity contribution in [1.29, 1.82) is 0 Å². The van der Waals surface area contributed by atoms with Crippen molar-refractivity contribution in [2.75, 3.05) is 33.9 Å². The van der Waals surface area contributed by atoms with E-state index in [1.54, 1.807) is 25.1 Å². The number of hydrogen-bond acceptors (Lipinski definition) is 5. The topological polar surface area (TPSA) is 65.1 Å². The van der Waals surface area contributed by atoms with Crippen LogP contribution in [0.15, 0.2) is 18.2 Å². The van der Waals surface area contributed by atoms with E-state index in [1.807, 2.05) is 6.92 Å². The number of hydrogen-bond donors (Lipinski definition) is 0. The fourth-order valence-corrected chi connectivity index (χ4v) is 1.81. The van der Waals surface area contributed by atoms with Crippen LogP contribution in [-0.4, -0.2) is 50.7 Å². The van der Waals surface area contributed by atoms with Crippen LogP contribution in [0.5, 0.6) is 11.5 Å². The molecule has 6 nitrogen and oxygen atoms in total. The molecule has 0 N–H and O–H groups in total. The Balaban J connectivity index is 2.97. The summed E-state index contributed by atoms with van der Waals surface area (Å²) in [5, 5.41) is 0. The van der Waals surface area contributed by atoms with Gasteiger partial charge in [0.2, 0.25) is 0 Å². The van der Waals surface area contributed by atoms with Gasteiger partial charge in [0.05, 0.1) is 20.8 Å². The first-order valence-corrected chi connectivity index (χ1v) is 6.74. The monoisotopic (exact) mass is 295 g/mol. The molecule has 1 amide bonds. The van der Waals surface area contributed by atoms with E-state index in [2.05, 4.69) is 4.74 Å². The van der Waals surface area contributed by atoms with Crippen molar-refractivity contribution in [2.24, 2.45) is 0 Å². The van der Waals surface area contributed by atoms with E-state index in [4.69, 9.17) is 9.47 Å². The van der Waals surface area contributed by atoms with Crippen LogP contribution in [0.2, 0.25) is 0 Å². The van der Waals surface area contributed by atoms with Gasteiger partial charge in [0, 0.05) is 12.1 Å². The predicted octanol–water partition coefficient (Wildman–Crippen LogP) is 1.73. The summed E-state index contributed by atoms with van der Waals surface area (Å²) in [6.45, 7) is 4.50. The molecule has 0 saturated carbocycles.